The van der Waals surface area contributed by atoms with Gasteiger partial charge in [0.25, 0.3) is 0 Å². The van der Waals surface area contributed by atoms with Crippen molar-refractivity contribution < 1.29 is 0 Å². The van der Waals surface area contributed by atoms with E-state index in [-0.39, 0.29) is 6.04 Å². The van der Waals surface area contributed by atoms with Gasteiger partial charge in [0.2, 0.25) is 0 Å². The fraction of sp³-hybridized carbons (Fsp3) is 0.333. The maximum absolute atomic E-state index is 5.98. The van der Waals surface area contributed by atoms with Crippen molar-refractivity contribution in [1.82, 2.24) is 20.0 Å². The average molecular weight is 191 g/mol. The van der Waals surface area contributed by atoms with Crippen molar-refractivity contribution in [2.24, 2.45) is 12.8 Å². The average Bonchev–Trinajstić information content (AvgIpc) is 2.75. The molecule has 3 N–H and O–H groups in total. The molecule has 74 valence electrons. The van der Waals surface area contributed by atoms with Crippen LogP contribution in [0.5, 0.6) is 0 Å². The summed E-state index contributed by atoms with van der Waals surface area (Å²) < 4.78 is 1.78. The van der Waals surface area contributed by atoms with Crippen LogP contribution in [0.15, 0.2) is 24.8 Å². The summed E-state index contributed by atoms with van der Waals surface area (Å²) >= 11 is 0. The zero-order chi connectivity index (χ0) is 9.97. The number of aromatic amines is 1. The minimum atomic E-state index is -0.0158. The second-order valence-electron chi connectivity index (χ2n) is 3.36. The lowest BCUT2D eigenvalue weighted by Crippen LogP contribution is -2.12. The van der Waals surface area contributed by atoms with Crippen LogP contribution in [0.4, 0.5) is 0 Å². The lowest BCUT2D eigenvalue weighted by Gasteiger charge is -2.06. The highest BCUT2D eigenvalue weighted by atomic mass is 15.2. The molecule has 0 saturated heterocycles. The molecule has 0 spiro atoms. The monoisotopic (exact) mass is 191 g/mol. The first-order valence-corrected chi connectivity index (χ1v) is 4.47. The topological polar surface area (TPSA) is 72.5 Å². The molecule has 2 heterocycles. The van der Waals surface area contributed by atoms with E-state index in [9.17, 15) is 0 Å². The molecule has 0 aliphatic carbocycles. The molecule has 1 atom stereocenters. The van der Waals surface area contributed by atoms with Crippen molar-refractivity contribution in [2.45, 2.75) is 12.5 Å². The van der Waals surface area contributed by atoms with E-state index in [1.165, 1.54) is 0 Å². The van der Waals surface area contributed by atoms with Crippen LogP contribution in [0.25, 0.3) is 0 Å². The van der Waals surface area contributed by atoms with E-state index in [2.05, 4.69) is 15.3 Å². The normalized spacial score (nSPS) is 13.0. The van der Waals surface area contributed by atoms with Gasteiger partial charge in [-0.2, -0.15) is 10.2 Å². The molecule has 0 fully saturated rings. The van der Waals surface area contributed by atoms with Gasteiger partial charge < -0.3 is 5.73 Å². The minimum Gasteiger partial charge on any atom is -0.324 e. The standard InChI is InChI=1S/C9H13N5/c1-14-6-7(3-13-14)2-9(10)8-4-11-12-5-8/h3-6,9H,2,10H2,1H3,(H,11,12). The molecule has 0 saturated carbocycles. The van der Waals surface area contributed by atoms with Gasteiger partial charge in [-0.3, -0.25) is 9.78 Å². The van der Waals surface area contributed by atoms with Gasteiger partial charge in [-0.15, -0.1) is 0 Å². The Labute approximate surface area is 81.9 Å². The molecular weight excluding hydrogens is 178 g/mol. The van der Waals surface area contributed by atoms with Crippen molar-refractivity contribution >= 4 is 0 Å². The fourth-order valence-corrected chi connectivity index (χ4v) is 1.41. The first-order valence-electron chi connectivity index (χ1n) is 4.47. The molecule has 14 heavy (non-hydrogen) atoms. The summed E-state index contributed by atoms with van der Waals surface area (Å²) in [6, 6.07) is -0.0158. The van der Waals surface area contributed by atoms with Crippen molar-refractivity contribution in [2.75, 3.05) is 0 Å². The second-order valence-corrected chi connectivity index (χ2v) is 3.36. The van der Waals surface area contributed by atoms with E-state index >= 15 is 0 Å². The van der Waals surface area contributed by atoms with Crippen LogP contribution in [-0.2, 0) is 13.5 Å². The van der Waals surface area contributed by atoms with Crippen molar-refractivity contribution in [3.05, 3.63) is 35.9 Å². The van der Waals surface area contributed by atoms with Crippen LogP contribution >= 0.6 is 0 Å². The zero-order valence-corrected chi connectivity index (χ0v) is 8.01. The summed E-state index contributed by atoms with van der Waals surface area (Å²) in [4.78, 5) is 0. The number of nitrogens with two attached hydrogens (primary N) is 1. The SMILES string of the molecule is Cn1cc(CC(N)c2cn[nH]c2)cn1. The summed E-state index contributed by atoms with van der Waals surface area (Å²) in [6.07, 6.45) is 8.16. The number of hydrogen-bond donors (Lipinski definition) is 2. The highest BCUT2D eigenvalue weighted by Crippen LogP contribution is 2.13. The van der Waals surface area contributed by atoms with Gasteiger partial charge in [-0.1, -0.05) is 0 Å². The summed E-state index contributed by atoms with van der Waals surface area (Å²) in [6.45, 7) is 0. The zero-order valence-electron chi connectivity index (χ0n) is 8.01. The Kier molecular flexibility index (Phi) is 2.32. The Bertz CT molecular complexity index is 389. The van der Waals surface area contributed by atoms with Gasteiger partial charge in [0, 0.05) is 31.0 Å². The van der Waals surface area contributed by atoms with Crippen LogP contribution in [-0.4, -0.2) is 20.0 Å². The van der Waals surface area contributed by atoms with Gasteiger partial charge >= 0.3 is 0 Å². The second kappa shape index (κ2) is 3.63. The molecule has 2 rings (SSSR count). The third-order valence-electron chi connectivity index (χ3n) is 2.16. The lowest BCUT2D eigenvalue weighted by atomic mass is 10.1. The molecule has 2 aromatic rings. The van der Waals surface area contributed by atoms with Crippen LogP contribution in [0.1, 0.15) is 17.2 Å². The third kappa shape index (κ3) is 1.82. The van der Waals surface area contributed by atoms with Crippen LogP contribution < -0.4 is 5.73 Å². The molecule has 0 amide bonds. The highest BCUT2D eigenvalue weighted by Gasteiger charge is 2.08. The van der Waals surface area contributed by atoms with Crippen molar-refractivity contribution in [1.29, 1.82) is 0 Å². The van der Waals surface area contributed by atoms with Gasteiger partial charge in [0.15, 0.2) is 0 Å². The largest absolute Gasteiger partial charge is 0.324 e. The van der Waals surface area contributed by atoms with Crippen LogP contribution in [0, 0.1) is 0 Å². The molecule has 0 aromatic carbocycles. The van der Waals surface area contributed by atoms with Crippen LogP contribution in [0.3, 0.4) is 0 Å². The van der Waals surface area contributed by atoms with E-state index in [0.717, 1.165) is 17.5 Å². The van der Waals surface area contributed by atoms with Gasteiger partial charge in [0.1, 0.15) is 0 Å². The number of nitrogens with one attached hydrogen (secondary N) is 1. The number of nitrogens with zero attached hydrogens (tertiary/aromatic N) is 3. The molecule has 0 radical (unpaired) electrons. The lowest BCUT2D eigenvalue weighted by molar-refractivity contribution is 0.719. The van der Waals surface area contributed by atoms with E-state index < -0.39 is 0 Å². The molecule has 5 heteroatoms. The number of H-pyrrole nitrogens is 1. The quantitative estimate of drug-likeness (QED) is 0.737. The first kappa shape index (κ1) is 8.96. The first-order chi connectivity index (χ1) is 6.75. The maximum Gasteiger partial charge on any atom is 0.0535 e. The predicted molar refractivity (Wildman–Crippen MR) is 52.4 cm³/mol. The molecule has 2 aromatic heterocycles. The Morgan fingerprint density at radius 2 is 2.43 bits per heavy atom. The Balaban J connectivity index is 2.05. The maximum atomic E-state index is 5.98. The predicted octanol–water partition coefficient (Wildman–Crippen LogP) is 0.386. The summed E-state index contributed by atoms with van der Waals surface area (Å²) in [5, 5.41) is 10.7. The van der Waals surface area contributed by atoms with Crippen molar-refractivity contribution in [3.8, 4) is 0 Å². The van der Waals surface area contributed by atoms with E-state index in [1.807, 2.05) is 25.6 Å². The molecule has 0 aliphatic rings. The smallest absolute Gasteiger partial charge is 0.0535 e. The summed E-state index contributed by atoms with van der Waals surface area (Å²) in [5.74, 6) is 0. The Morgan fingerprint density at radius 3 is 3.00 bits per heavy atom. The number of aryl methyl sites for hydroxylation is 1. The van der Waals surface area contributed by atoms with E-state index in [0.29, 0.717) is 0 Å². The van der Waals surface area contributed by atoms with E-state index in [4.69, 9.17) is 5.73 Å². The number of aromatic nitrogens is 4. The minimum absolute atomic E-state index is 0.0158. The molecule has 0 bridgehead atoms. The number of rotatable bonds is 3. The molecule has 0 aliphatic heterocycles. The fourth-order valence-electron chi connectivity index (χ4n) is 1.41. The molecule has 1 unspecified atom stereocenters. The van der Waals surface area contributed by atoms with Gasteiger partial charge in [-0.25, -0.2) is 0 Å². The van der Waals surface area contributed by atoms with Crippen LogP contribution in [0.2, 0.25) is 0 Å². The Morgan fingerprint density at radius 1 is 1.57 bits per heavy atom. The van der Waals surface area contributed by atoms with Gasteiger partial charge in [0.05, 0.1) is 12.4 Å². The third-order valence-corrected chi connectivity index (χ3v) is 2.16. The Hall–Kier alpha value is -1.62. The molecular formula is C9H13N5. The highest BCUT2D eigenvalue weighted by molar-refractivity contribution is 5.14. The number of hydrogen-bond acceptors (Lipinski definition) is 3. The van der Waals surface area contributed by atoms with E-state index in [1.54, 1.807) is 10.9 Å². The van der Waals surface area contributed by atoms with Crippen molar-refractivity contribution in [3.63, 3.8) is 0 Å². The molecule has 5 nitrogen and oxygen atoms in total. The van der Waals surface area contributed by atoms with Gasteiger partial charge in [-0.05, 0) is 12.0 Å². The summed E-state index contributed by atoms with van der Waals surface area (Å²) in [5.41, 5.74) is 8.15. The summed E-state index contributed by atoms with van der Waals surface area (Å²) in [7, 11) is 1.90.